The Kier molecular flexibility index (Phi) is 3.17. The van der Waals surface area contributed by atoms with Crippen molar-refractivity contribution in [2.45, 2.75) is 38.2 Å². The van der Waals surface area contributed by atoms with Crippen LogP contribution >= 0.6 is 0 Å². The van der Waals surface area contributed by atoms with Gasteiger partial charge in [0, 0.05) is 6.42 Å². The van der Waals surface area contributed by atoms with Gasteiger partial charge in [-0.2, -0.15) is 0 Å². The number of aliphatic hydroxyl groups excluding tert-OH is 2. The maximum atomic E-state index is 9.78. The summed E-state index contributed by atoms with van der Waals surface area (Å²) in [5.41, 5.74) is 2.35. The summed E-state index contributed by atoms with van der Waals surface area (Å²) in [5, 5.41) is 18.9. The Hall–Kier alpha value is -1.57. The van der Waals surface area contributed by atoms with Crippen molar-refractivity contribution in [1.82, 2.24) is 19.5 Å². The van der Waals surface area contributed by atoms with Gasteiger partial charge in [0.25, 0.3) is 0 Å². The molecule has 3 heterocycles. The lowest BCUT2D eigenvalue weighted by Crippen LogP contribution is -2.24. The third kappa shape index (κ3) is 1.99. The molecule has 1 unspecified atom stereocenters. The fraction of sp³-hybridized carbons (Fsp3) is 0.583. The molecular weight excluding hydrogens is 248 g/mol. The lowest BCUT2D eigenvalue weighted by Gasteiger charge is -2.13. The molecule has 19 heavy (non-hydrogen) atoms. The van der Waals surface area contributed by atoms with Crippen LogP contribution in [-0.2, 0) is 11.2 Å². The van der Waals surface area contributed by atoms with Crippen molar-refractivity contribution in [1.29, 1.82) is 0 Å². The number of aliphatic hydroxyl groups is 2. The van der Waals surface area contributed by atoms with Crippen molar-refractivity contribution in [2.24, 2.45) is 0 Å². The first-order chi connectivity index (χ1) is 9.24. The summed E-state index contributed by atoms with van der Waals surface area (Å²) in [7, 11) is 0. The van der Waals surface area contributed by atoms with Crippen molar-refractivity contribution < 1.29 is 14.9 Å². The average molecular weight is 264 g/mol. The van der Waals surface area contributed by atoms with E-state index in [2.05, 4.69) is 15.0 Å². The molecule has 0 radical (unpaired) electrons. The minimum atomic E-state index is -0.667. The highest BCUT2D eigenvalue weighted by atomic mass is 16.5. The molecule has 1 aliphatic rings. The van der Waals surface area contributed by atoms with E-state index in [1.54, 1.807) is 10.9 Å². The van der Waals surface area contributed by atoms with Gasteiger partial charge in [-0.15, -0.1) is 0 Å². The summed E-state index contributed by atoms with van der Waals surface area (Å²) in [6.07, 6.45) is 2.79. The third-order valence-electron chi connectivity index (χ3n) is 3.46. The van der Waals surface area contributed by atoms with Crippen molar-refractivity contribution in [2.75, 3.05) is 6.61 Å². The minimum absolute atomic E-state index is 0.195. The van der Waals surface area contributed by atoms with E-state index < -0.39 is 12.2 Å². The first kappa shape index (κ1) is 12.5. The predicted octanol–water partition coefficient (Wildman–Crippen LogP) is 0.0294. The molecule has 1 fully saturated rings. The van der Waals surface area contributed by atoms with Crippen LogP contribution in [0.4, 0.5) is 0 Å². The number of aryl methyl sites for hydroxylation is 1. The van der Waals surface area contributed by atoms with E-state index >= 15 is 0 Å². The van der Waals surface area contributed by atoms with Gasteiger partial charge in [0.2, 0.25) is 0 Å². The summed E-state index contributed by atoms with van der Waals surface area (Å²) in [5.74, 6) is 0. The van der Waals surface area contributed by atoms with Crippen LogP contribution in [0.25, 0.3) is 11.2 Å². The molecule has 0 spiro atoms. The number of hydrogen-bond donors (Lipinski definition) is 2. The predicted molar refractivity (Wildman–Crippen MR) is 66.3 cm³/mol. The van der Waals surface area contributed by atoms with E-state index in [1.165, 1.54) is 6.33 Å². The van der Waals surface area contributed by atoms with Crippen LogP contribution in [0.5, 0.6) is 0 Å². The molecule has 1 saturated heterocycles. The van der Waals surface area contributed by atoms with Gasteiger partial charge in [-0.25, -0.2) is 15.0 Å². The monoisotopic (exact) mass is 264 g/mol. The van der Waals surface area contributed by atoms with E-state index in [0.29, 0.717) is 12.1 Å². The van der Waals surface area contributed by atoms with Crippen molar-refractivity contribution in [3.8, 4) is 0 Å². The van der Waals surface area contributed by atoms with Crippen LogP contribution < -0.4 is 0 Å². The molecule has 7 heteroatoms. The van der Waals surface area contributed by atoms with Gasteiger partial charge in [-0.05, 0) is 6.42 Å². The Labute approximate surface area is 109 Å². The number of imidazole rings is 1. The number of nitrogens with zero attached hydrogens (tertiary/aromatic N) is 4. The SMILES string of the molecule is CCc1ncnc2c1ncn2C1C[C@H](O)[C@@H](CO)O1. The third-order valence-corrected chi connectivity index (χ3v) is 3.46. The Bertz CT molecular complexity index is 585. The zero-order valence-electron chi connectivity index (χ0n) is 10.6. The first-order valence-electron chi connectivity index (χ1n) is 6.35. The quantitative estimate of drug-likeness (QED) is 0.812. The molecule has 1 aliphatic heterocycles. The maximum absolute atomic E-state index is 9.78. The summed E-state index contributed by atoms with van der Waals surface area (Å²) >= 11 is 0. The Morgan fingerprint density at radius 3 is 2.95 bits per heavy atom. The normalized spacial score (nSPS) is 27.2. The van der Waals surface area contributed by atoms with E-state index in [4.69, 9.17) is 9.84 Å². The summed E-state index contributed by atoms with van der Waals surface area (Å²) in [6, 6.07) is 0. The number of ether oxygens (including phenoxy) is 1. The van der Waals surface area contributed by atoms with Crippen molar-refractivity contribution in [3.63, 3.8) is 0 Å². The summed E-state index contributed by atoms with van der Waals surface area (Å²) < 4.78 is 7.40. The molecule has 2 N–H and O–H groups in total. The number of fused-ring (bicyclic) bond motifs is 1. The number of hydrogen-bond acceptors (Lipinski definition) is 6. The minimum Gasteiger partial charge on any atom is -0.394 e. The topological polar surface area (TPSA) is 93.3 Å². The van der Waals surface area contributed by atoms with Gasteiger partial charge in [-0.1, -0.05) is 6.92 Å². The van der Waals surface area contributed by atoms with Crippen LogP contribution in [0.2, 0.25) is 0 Å². The fourth-order valence-electron chi connectivity index (χ4n) is 2.42. The standard InChI is InChI=1S/C12H16N4O3/c1-2-7-11-12(14-5-13-7)16(6-15-11)10-3-8(18)9(4-17)19-10/h5-6,8-10,17-18H,2-4H2,1H3/t8-,9+,10?/m0/s1. The second-order valence-electron chi connectivity index (χ2n) is 4.61. The van der Waals surface area contributed by atoms with Gasteiger partial charge >= 0.3 is 0 Å². The van der Waals surface area contributed by atoms with Crippen LogP contribution in [0.3, 0.4) is 0 Å². The van der Waals surface area contributed by atoms with Crippen LogP contribution in [0.1, 0.15) is 25.3 Å². The molecule has 0 aliphatic carbocycles. The maximum Gasteiger partial charge on any atom is 0.165 e. The van der Waals surface area contributed by atoms with E-state index in [-0.39, 0.29) is 12.8 Å². The highest BCUT2D eigenvalue weighted by Crippen LogP contribution is 2.30. The van der Waals surface area contributed by atoms with Gasteiger partial charge < -0.3 is 14.9 Å². The molecule has 7 nitrogen and oxygen atoms in total. The van der Waals surface area contributed by atoms with Gasteiger partial charge in [0.1, 0.15) is 24.2 Å². The molecule has 0 aromatic carbocycles. The first-order valence-corrected chi connectivity index (χ1v) is 6.35. The van der Waals surface area contributed by atoms with Crippen molar-refractivity contribution in [3.05, 3.63) is 18.3 Å². The fourth-order valence-corrected chi connectivity index (χ4v) is 2.42. The molecule has 0 saturated carbocycles. The smallest absolute Gasteiger partial charge is 0.165 e. The second kappa shape index (κ2) is 4.84. The van der Waals surface area contributed by atoms with Crippen molar-refractivity contribution >= 4 is 11.2 Å². The summed E-state index contributed by atoms with van der Waals surface area (Å²) in [4.78, 5) is 12.8. The zero-order chi connectivity index (χ0) is 13.4. The van der Waals surface area contributed by atoms with Gasteiger partial charge in [-0.3, -0.25) is 4.57 Å². The molecular formula is C12H16N4O3. The van der Waals surface area contributed by atoms with Gasteiger partial charge in [0.05, 0.1) is 24.7 Å². The van der Waals surface area contributed by atoms with Crippen LogP contribution in [0.15, 0.2) is 12.7 Å². The lowest BCUT2D eigenvalue weighted by molar-refractivity contribution is -0.0432. The Morgan fingerprint density at radius 2 is 2.26 bits per heavy atom. The van der Waals surface area contributed by atoms with Gasteiger partial charge in [0.15, 0.2) is 5.65 Å². The highest BCUT2D eigenvalue weighted by Gasteiger charge is 2.35. The molecule has 0 amide bonds. The molecule has 2 aromatic rings. The average Bonchev–Trinajstić information content (AvgIpc) is 3.01. The Morgan fingerprint density at radius 1 is 1.42 bits per heavy atom. The largest absolute Gasteiger partial charge is 0.394 e. The van der Waals surface area contributed by atoms with Crippen LogP contribution in [0, 0.1) is 0 Å². The van der Waals surface area contributed by atoms with E-state index in [9.17, 15) is 5.11 Å². The Balaban J connectivity index is 1.98. The van der Waals surface area contributed by atoms with E-state index in [1.807, 2.05) is 6.92 Å². The molecule has 3 rings (SSSR count). The highest BCUT2D eigenvalue weighted by molar-refractivity contribution is 5.73. The molecule has 102 valence electrons. The molecule has 3 atom stereocenters. The number of aromatic nitrogens is 4. The lowest BCUT2D eigenvalue weighted by atomic mass is 10.2. The van der Waals surface area contributed by atoms with Crippen LogP contribution in [-0.4, -0.2) is 48.5 Å². The molecule has 0 bridgehead atoms. The molecule has 2 aromatic heterocycles. The summed E-state index contributed by atoms with van der Waals surface area (Å²) in [6.45, 7) is 1.82. The van der Waals surface area contributed by atoms with E-state index in [0.717, 1.165) is 17.6 Å². The zero-order valence-corrected chi connectivity index (χ0v) is 10.6. The second-order valence-corrected chi connectivity index (χ2v) is 4.61. The number of rotatable bonds is 3.